The number of anilines is 2. The molecule has 0 saturated heterocycles. The molecule has 0 radical (unpaired) electrons. The average Bonchev–Trinajstić information content (AvgIpc) is 3.13. The summed E-state index contributed by atoms with van der Waals surface area (Å²) in [6, 6.07) is 0. The highest BCUT2D eigenvalue weighted by molar-refractivity contribution is 7.13. The fourth-order valence-electron chi connectivity index (χ4n) is 2.06. The lowest BCUT2D eigenvalue weighted by Crippen LogP contribution is -2.30. The van der Waals surface area contributed by atoms with Gasteiger partial charge in [0.2, 0.25) is 0 Å². The lowest BCUT2D eigenvalue weighted by atomic mass is 10.3. The molecule has 134 valence electrons. The van der Waals surface area contributed by atoms with Crippen LogP contribution in [0.3, 0.4) is 0 Å². The lowest BCUT2D eigenvalue weighted by molar-refractivity contribution is -0.123. The Morgan fingerprint density at radius 1 is 1.48 bits per heavy atom. The third-order valence-corrected chi connectivity index (χ3v) is 4.32. The number of carbonyl (C=O) groups excluding carboxylic acids is 2. The summed E-state index contributed by atoms with van der Waals surface area (Å²) in [5.74, 6) is -1.07. The van der Waals surface area contributed by atoms with Crippen molar-refractivity contribution in [1.29, 1.82) is 0 Å². The average molecular weight is 363 g/mol. The monoisotopic (exact) mass is 363 g/mol. The predicted molar refractivity (Wildman–Crippen MR) is 97.0 cm³/mol. The molecule has 1 amide bonds. The normalized spacial score (nSPS) is 11.7. The number of amides is 1. The zero-order chi connectivity index (χ0) is 18.6. The van der Waals surface area contributed by atoms with Gasteiger partial charge in [0, 0.05) is 19.0 Å². The Hall–Kier alpha value is -2.68. The van der Waals surface area contributed by atoms with E-state index >= 15 is 0 Å². The van der Waals surface area contributed by atoms with Gasteiger partial charge in [0.15, 0.2) is 16.9 Å². The number of thiazole rings is 1. The molecule has 0 saturated carbocycles. The Morgan fingerprint density at radius 2 is 2.20 bits per heavy atom. The van der Waals surface area contributed by atoms with Crippen LogP contribution in [0.5, 0.6) is 0 Å². The van der Waals surface area contributed by atoms with Gasteiger partial charge in [-0.05, 0) is 20.8 Å². The summed E-state index contributed by atoms with van der Waals surface area (Å²) in [7, 11) is 1.79. The second kappa shape index (κ2) is 7.93. The van der Waals surface area contributed by atoms with Crippen LogP contribution >= 0.6 is 11.3 Å². The van der Waals surface area contributed by atoms with Crippen molar-refractivity contribution in [2.75, 3.05) is 17.2 Å². The second-order valence-electron chi connectivity index (χ2n) is 5.41. The molecule has 0 aliphatic heterocycles. The highest BCUT2D eigenvalue weighted by atomic mass is 32.1. The summed E-state index contributed by atoms with van der Waals surface area (Å²) in [6.45, 7) is 9.30. The molecule has 2 N–H and O–H groups in total. The minimum Gasteiger partial charge on any atom is -0.448 e. The van der Waals surface area contributed by atoms with Crippen LogP contribution in [-0.2, 0) is 16.6 Å². The Labute approximate surface area is 149 Å². The number of nitrogens with one attached hydrogen (secondary N) is 2. The van der Waals surface area contributed by atoms with Crippen LogP contribution in [0, 0.1) is 13.8 Å². The van der Waals surface area contributed by atoms with Gasteiger partial charge in [-0.1, -0.05) is 6.08 Å². The van der Waals surface area contributed by atoms with Crippen molar-refractivity contribution in [3.63, 3.8) is 0 Å². The number of aromatic nitrogens is 3. The van der Waals surface area contributed by atoms with Gasteiger partial charge in [0.1, 0.15) is 0 Å². The molecule has 0 unspecified atom stereocenters. The third-order valence-electron chi connectivity index (χ3n) is 3.52. The van der Waals surface area contributed by atoms with Crippen LogP contribution in [0.4, 0.5) is 10.8 Å². The van der Waals surface area contributed by atoms with Crippen LogP contribution in [0.15, 0.2) is 18.0 Å². The third kappa shape index (κ3) is 4.44. The smallest absolute Gasteiger partial charge is 0.358 e. The number of nitrogens with zero attached hydrogens (tertiary/aromatic N) is 3. The van der Waals surface area contributed by atoms with Crippen LogP contribution in [0.1, 0.15) is 28.8 Å². The highest BCUT2D eigenvalue weighted by Crippen LogP contribution is 2.19. The summed E-state index contributed by atoms with van der Waals surface area (Å²) in [5.41, 5.74) is 2.30. The fraction of sp³-hybridized carbons (Fsp3) is 0.375. The molecule has 1 atom stereocenters. The van der Waals surface area contributed by atoms with Crippen molar-refractivity contribution < 1.29 is 14.3 Å². The minimum absolute atomic E-state index is 0.157. The van der Waals surface area contributed by atoms with E-state index in [2.05, 4.69) is 27.3 Å². The van der Waals surface area contributed by atoms with Gasteiger partial charge in [-0.3, -0.25) is 9.48 Å². The van der Waals surface area contributed by atoms with E-state index in [0.717, 1.165) is 5.69 Å². The standard InChI is InChI=1S/C16H21N5O3S/c1-6-7-17-16-18-12(8-25-16)15(23)24-11(4)14(22)19-13-9(2)20-21(5)10(13)3/h6,8,11H,1,7H2,2-5H3,(H,17,18)(H,19,22)/t11-/m0/s1. The number of aryl methyl sites for hydroxylation is 2. The SMILES string of the molecule is C=CCNc1nc(C(=O)O[C@@H](C)C(=O)Nc2c(C)nn(C)c2C)cs1. The molecule has 2 aromatic heterocycles. The first-order chi connectivity index (χ1) is 11.8. The number of hydrogen-bond donors (Lipinski definition) is 2. The van der Waals surface area contributed by atoms with Crippen molar-refractivity contribution in [2.24, 2.45) is 7.05 Å². The summed E-state index contributed by atoms with van der Waals surface area (Å²) in [4.78, 5) is 28.5. The first-order valence-electron chi connectivity index (χ1n) is 7.65. The van der Waals surface area contributed by atoms with Crippen LogP contribution in [-0.4, -0.2) is 39.3 Å². The van der Waals surface area contributed by atoms with Gasteiger partial charge in [-0.2, -0.15) is 5.10 Å². The van der Waals surface area contributed by atoms with E-state index in [4.69, 9.17) is 4.74 Å². The van der Waals surface area contributed by atoms with Gasteiger partial charge >= 0.3 is 5.97 Å². The van der Waals surface area contributed by atoms with Crippen LogP contribution < -0.4 is 10.6 Å². The summed E-state index contributed by atoms with van der Waals surface area (Å²) in [6.07, 6.45) is 0.728. The first-order valence-corrected chi connectivity index (χ1v) is 8.53. The quantitative estimate of drug-likeness (QED) is 0.578. The summed E-state index contributed by atoms with van der Waals surface area (Å²) in [5, 5.41) is 12.1. The maximum absolute atomic E-state index is 12.3. The van der Waals surface area contributed by atoms with E-state index in [1.807, 2.05) is 6.92 Å². The van der Waals surface area contributed by atoms with Gasteiger partial charge in [0.25, 0.3) is 5.91 Å². The fourth-order valence-corrected chi connectivity index (χ4v) is 2.75. The van der Waals surface area contributed by atoms with E-state index < -0.39 is 18.0 Å². The molecule has 2 rings (SSSR count). The maximum Gasteiger partial charge on any atom is 0.358 e. The molecule has 0 bridgehead atoms. The van der Waals surface area contributed by atoms with E-state index in [-0.39, 0.29) is 5.69 Å². The number of hydrogen-bond acceptors (Lipinski definition) is 7. The Balaban J connectivity index is 1.97. The first kappa shape index (κ1) is 18.7. The van der Waals surface area contributed by atoms with Crippen molar-refractivity contribution in [3.8, 4) is 0 Å². The Kier molecular flexibility index (Phi) is 5.92. The molecule has 0 aromatic carbocycles. The zero-order valence-corrected chi connectivity index (χ0v) is 15.4. The largest absolute Gasteiger partial charge is 0.448 e. The molecule has 0 aliphatic carbocycles. The molecule has 0 fully saturated rings. The van der Waals surface area contributed by atoms with Crippen LogP contribution in [0.25, 0.3) is 0 Å². The maximum atomic E-state index is 12.3. The number of esters is 1. The van der Waals surface area contributed by atoms with E-state index in [1.54, 1.807) is 30.1 Å². The molecule has 2 heterocycles. The van der Waals surface area contributed by atoms with Gasteiger partial charge in [-0.25, -0.2) is 9.78 Å². The van der Waals surface area contributed by atoms with E-state index in [1.165, 1.54) is 18.3 Å². The minimum atomic E-state index is -0.960. The molecular formula is C16H21N5O3S. The van der Waals surface area contributed by atoms with E-state index in [0.29, 0.717) is 23.1 Å². The molecule has 25 heavy (non-hydrogen) atoms. The van der Waals surface area contributed by atoms with Crippen molar-refractivity contribution in [1.82, 2.24) is 14.8 Å². The van der Waals surface area contributed by atoms with E-state index in [9.17, 15) is 9.59 Å². The lowest BCUT2D eigenvalue weighted by Gasteiger charge is -2.13. The topological polar surface area (TPSA) is 98.1 Å². The molecule has 2 aromatic rings. The van der Waals surface area contributed by atoms with Crippen molar-refractivity contribution in [3.05, 3.63) is 35.1 Å². The Bertz CT molecular complexity index is 796. The Morgan fingerprint density at radius 3 is 2.80 bits per heavy atom. The van der Waals surface area contributed by atoms with Gasteiger partial charge < -0.3 is 15.4 Å². The van der Waals surface area contributed by atoms with Gasteiger partial charge in [-0.15, -0.1) is 17.9 Å². The number of carbonyl (C=O) groups is 2. The van der Waals surface area contributed by atoms with Gasteiger partial charge in [0.05, 0.1) is 17.1 Å². The van der Waals surface area contributed by atoms with Crippen molar-refractivity contribution >= 4 is 34.0 Å². The molecule has 0 spiro atoms. The number of rotatable bonds is 7. The summed E-state index contributed by atoms with van der Waals surface area (Å²) >= 11 is 1.28. The molecule has 0 aliphatic rings. The summed E-state index contributed by atoms with van der Waals surface area (Å²) < 4.78 is 6.87. The second-order valence-corrected chi connectivity index (χ2v) is 6.27. The van der Waals surface area contributed by atoms with Crippen LogP contribution in [0.2, 0.25) is 0 Å². The molecule has 8 nitrogen and oxygen atoms in total. The number of ether oxygens (including phenoxy) is 1. The zero-order valence-electron chi connectivity index (χ0n) is 14.6. The molecular weight excluding hydrogens is 342 g/mol. The predicted octanol–water partition coefficient (Wildman–Crippen LogP) is 2.28. The highest BCUT2D eigenvalue weighted by Gasteiger charge is 2.22. The molecule has 9 heteroatoms. The van der Waals surface area contributed by atoms with Crippen molar-refractivity contribution in [2.45, 2.75) is 26.9 Å².